The first-order valence-corrected chi connectivity index (χ1v) is 30.9. The van der Waals surface area contributed by atoms with E-state index in [1.165, 1.54) is 100 Å². The van der Waals surface area contributed by atoms with E-state index in [4.69, 9.17) is 30.2 Å². The van der Waals surface area contributed by atoms with Gasteiger partial charge in [0.05, 0.1) is 31.8 Å². The first-order chi connectivity index (χ1) is 37.5. The van der Waals surface area contributed by atoms with Crippen LogP contribution in [0.2, 0.25) is 0 Å². The highest BCUT2D eigenvalue weighted by Crippen LogP contribution is 2.56. The summed E-state index contributed by atoms with van der Waals surface area (Å²) >= 11 is 0. The molecule has 2 unspecified atom stereocenters. The molecule has 0 heterocycles. The van der Waals surface area contributed by atoms with Gasteiger partial charge in [0.1, 0.15) is 0 Å². The van der Waals surface area contributed by atoms with E-state index in [0.29, 0.717) is 0 Å². The Kier molecular flexibility index (Phi) is 22.9. The lowest BCUT2D eigenvalue weighted by atomic mass is 9.69. The first kappa shape index (κ1) is 70.4. The Labute approximate surface area is 500 Å². The van der Waals surface area contributed by atoms with Crippen LogP contribution in [-0.2, 0) is 47.6 Å². The fourth-order valence-electron chi connectivity index (χ4n) is 10.3. The highest BCUT2D eigenvalue weighted by Gasteiger charge is 2.35. The number of aliphatic hydroxyl groups is 4. The van der Waals surface area contributed by atoms with Crippen LogP contribution in [-0.4, -0.2) is 56.6 Å². The normalized spacial score (nSPS) is 13.4. The molecule has 6 aromatic carbocycles. The van der Waals surface area contributed by atoms with Crippen molar-refractivity contribution in [2.45, 2.75) is 209 Å². The molecule has 0 amide bonds. The molecule has 0 saturated heterocycles. The van der Waals surface area contributed by atoms with Crippen LogP contribution in [0.3, 0.4) is 0 Å². The Hall–Kier alpha value is -4.10. The van der Waals surface area contributed by atoms with Gasteiger partial charge in [-0.25, -0.2) is 0 Å². The summed E-state index contributed by atoms with van der Waals surface area (Å²) in [4.78, 5) is 15.4. The Bertz CT molecular complexity index is 3060. The van der Waals surface area contributed by atoms with Crippen LogP contribution in [0.5, 0.6) is 0 Å². The number of rotatable bonds is 11. The number of hydrogen-bond acceptors (Lipinski definition) is 7. The van der Waals surface area contributed by atoms with Crippen LogP contribution in [0.4, 0.5) is 0 Å². The predicted molar refractivity (Wildman–Crippen MR) is 356 cm³/mol. The van der Waals surface area contributed by atoms with Crippen molar-refractivity contribution in [3.05, 3.63) is 154 Å². The minimum Gasteiger partial charge on any atom is -0.396 e. The van der Waals surface area contributed by atoms with Crippen molar-refractivity contribution in [3.63, 3.8) is 0 Å². The molecule has 450 valence electrons. The third-order valence-corrected chi connectivity index (χ3v) is 16.4. The van der Waals surface area contributed by atoms with Gasteiger partial charge in [0.15, 0.2) is 18.1 Å². The molecule has 0 aliphatic carbocycles. The van der Waals surface area contributed by atoms with Crippen LogP contribution >= 0.6 is 18.1 Å². The fourth-order valence-corrected chi connectivity index (χ4v) is 10.5. The molecule has 0 aliphatic rings. The highest BCUT2D eigenvalue weighted by molar-refractivity contribution is 7.39. The Balaban J connectivity index is 0.000000914. The second-order valence-electron chi connectivity index (χ2n) is 30.9. The molecular formula is C73H106O7P2. The first-order valence-electron chi connectivity index (χ1n) is 29.2. The minimum atomic E-state index is -1.11. The van der Waals surface area contributed by atoms with Gasteiger partial charge in [-0.15, -0.1) is 0 Å². The monoisotopic (exact) mass is 1160 g/mol. The summed E-state index contributed by atoms with van der Waals surface area (Å²) in [5, 5.41) is 34.0. The molecular weight excluding hydrogens is 1050 g/mol. The third-order valence-electron chi connectivity index (χ3n) is 15.7. The van der Waals surface area contributed by atoms with Gasteiger partial charge in [-0.3, -0.25) is 4.31 Å². The zero-order valence-corrected chi connectivity index (χ0v) is 56.8. The lowest BCUT2D eigenvalue weighted by Gasteiger charge is -2.35. The molecule has 6 N–H and O–H groups in total. The Morgan fingerprint density at radius 3 is 0.805 bits per heavy atom. The van der Waals surface area contributed by atoms with Gasteiger partial charge in [-0.2, -0.15) is 0 Å². The molecule has 9 heteroatoms. The van der Waals surface area contributed by atoms with E-state index in [1.54, 1.807) is 0 Å². The molecule has 7 nitrogen and oxygen atoms in total. The van der Waals surface area contributed by atoms with Crippen molar-refractivity contribution in [2.24, 2.45) is 5.41 Å². The van der Waals surface area contributed by atoms with Crippen LogP contribution in [0.25, 0.3) is 55.6 Å². The van der Waals surface area contributed by atoms with Gasteiger partial charge in [0, 0.05) is 0 Å². The molecule has 0 radical (unpaired) electrons. The van der Waals surface area contributed by atoms with Gasteiger partial charge in [-0.05, 0) is 150 Å². The zero-order chi connectivity index (χ0) is 62.6. The summed E-state index contributed by atoms with van der Waals surface area (Å²) in [6, 6.07) is 43.8. The molecule has 0 aliphatic heterocycles. The average molecular weight is 1160 g/mol. The molecule has 0 fully saturated rings. The number of benzene rings is 6. The van der Waals surface area contributed by atoms with Crippen LogP contribution in [0.15, 0.2) is 109 Å². The lowest BCUT2D eigenvalue weighted by Crippen LogP contribution is -2.37. The minimum absolute atomic E-state index is 0.00361. The van der Waals surface area contributed by atoms with Gasteiger partial charge >= 0.3 is 0 Å². The Morgan fingerprint density at radius 2 is 0.561 bits per heavy atom. The van der Waals surface area contributed by atoms with Crippen molar-refractivity contribution >= 4 is 18.1 Å². The van der Waals surface area contributed by atoms with Gasteiger partial charge in [0.2, 0.25) is 0 Å². The van der Waals surface area contributed by atoms with Crippen LogP contribution in [0.1, 0.15) is 211 Å². The highest BCUT2D eigenvalue weighted by atomic mass is 31.2. The summed E-state index contributed by atoms with van der Waals surface area (Å²) < 4.78 is 4.00. The number of aliphatic hydroxyl groups excluding tert-OH is 4. The van der Waals surface area contributed by atoms with E-state index in [1.807, 2.05) is 0 Å². The van der Waals surface area contributed by atoms with E-state index >= 15 is 0 Å². The third kappa shape index (κ3) is 17.1. The van der Waals surface area contributed by atoms with Gasteiger partial charge < -0.3 is 30.2 Å². The van der Waals surface area contributed by atoms with Crippen molar-refractivity contribution in [3.8, 4) is 55.6 Å². The lowest BCUT2D eigenvalue weighted by molar-refractivity contribution is -0.0328. The maximum absolute atomic E-state index is 8.50. The molecule has 82 heavy (non-hydrogen) atoms. The molecule has 0 spiro atoms. The van der Waals surface area contributed by atoms with E-state index in [-0.39, 0.29) is 43.3 Å². The van der Waals surface area contributed by atoms with Crippen molar-refractivity contribution in [1.82, 2.24) is 0 Å². The summed E-state index contributed by atoms with van der Waals surface area (Å²) in [6.07, 6.45) is 0. The molecule has 6 rings (SSSR count). The van der Waals surface area contributed by atoms with Crippen molar-refractivity contribution in [2.75, 3.05) is 26.4 Å². The second-order valence-corrected chi connectivity index (χ2v) is 32.1. The maximum Gasteiger partial charge on any atom is 0.158 e. The van der Waals surface area contributed by atoms with Crippen molar-refractivity contribution < 1.29 is 34.5 Å². The van der Waals surface area contributed by atoms with Crippen molar-refractivity contribution in [1.29, 1.82) is 0 Å². The molecule has 0 aromatic heterocycles. The maximum atomic E-state index is 8.50. The van der Waals surface area contributed by atoms with E-state index in [0.717, 1.165) is 0 Å². The topological polar surface area (TPSA) is 131 Å². The fraction of sp³-hybridized carbons (Fsp3) is 0.507. The Morgan fingerprint density at radius 1 is 0.293 bits per heavy atom. The molecule has 0 saturated carbocycles. The van der Waals surface area contributed by atoms with Gasteiger partial charge in [0.25, 0.3) is 0 Å². The van der Waals surface area contributed by atoms with E-state index in [2.05, 4.69) is 280 Å². The molecule has 2 atom stereocenters. The average Bonchev–Trinajstić information content (AvgIpc) is 3.29. The van der Waals surface area contributed by atoms with Gasteiger partial charge in [-0.1, -0.05) is 269 Å². The predicted octanol–water partition coefficient (Wildman–Crippen LogP) is 18.3. The largest absolute Gasteiger partial charge is 0.396 e. The zero-order valence-electron chi connectivity index (χ0n) is 54.8. The van der Waals surface area contributed by atoms with Crippen LogP contribution < -0.4 is 0 Å². The quantitative estimate of drug-likeness (QED) is 0.0713. The smallest absolute Gasteiger partial charge is 0.158 e. The summed E-state index contributed by atoms with van der Waals surface area (Å²) in [5.41, 5.74) is 22.0. The summed E-state index contributed by atoms with van der Waals surface area (Å²) in [5.74, 6) is 0. The van der Waals surface area contributed by atoms with E-state index < -0.39 is 49.9 Å². The summed E-state index contributed by atoms with van der Waals surface area (Å²) in [7, 11) is -1.16. The second kappa shape index (κ2) is 26.7. The SMILES string of the molecule is CC(C)(C)c1ccc(-c2cc(-c3ccc(C(C)(C)C)cc3C(C)(C)C)c(-c3ccc(C(C)(C)C)cc3C(C)(C)C)c(-c3ccc(C(C)(C)C)cc3C(C)(C)C)c2-c2ccccc2)c(C(C)(C)C)c1.OCC(CO)(CO)CO.OPOPO. The standard InChI is InChI=1S/C68H90.C5H12O4.H4O3P2/c1-61(2,3)44-30-34-48(54(38-44)65(13,14)15)52-42-53(49-35-31-45(62(4,5)6)39-55(49)66(16,17)18)59(50-36-32-46(63(7,8)9)40-56(50)67(19,20)21)60(58(52)43-28-26-25-27-29-43)51-37-33-47(64(10,11)12)41-57(51)68(22,23)24;6-1-5(2-7,3-8)4-9;1-4-3-5-2/h25-42H,1-24H3;6-9H,1-4H2;1-2,4-5H. The number of hydrogen-bond donors (Lipinski definition) is 6. The van der Waals surface area contributed by atoms with E-state index in [9.17, 15) is 0 Å². The summed E-state index contributed by atoms with van der Waals surface area (Å²) in [6.45, 7) is 55.4. The molecule has 6 aromatic rings. The molecule has 0 bridgehead atoms. The van der Waals surface area contributed by atoms with Crippen LogP contribution in [0, 0.1) is 5.41 Å².